The summed E-state index contributed by atoms with van der Waals surface area (Å²) < 4.78 is 12.2. The zero-order valence-electron chi connectivity index (χ0n) is 16.3. The molecule has 0 saturated heterocycles. The number of nitrogens with zero attached hydrogens (tertiary/aromatic N) is 2. The molecule has 1 aromatic heterocycles. The van der Waals surface area contributed by atoms with Gasteiger partial charge in [-0.3, -0.25) is 19.0 Å². The van der Waals surface area contributed by atoms with Gasteiger partial charge in [-0.2, -0.15) is 0 Å². The van der Waals surface area contributed by atoms with Crippen LogP contribution in [0.4, 0.5) is 0 Å². The standard InChI is InChI=1S/C22H20N2O6/c1-29-19-10-6-5-9-17(19)18(25)15-30-21(27)14-24-20(26)11-12-23(22(24)28)13-16-7-3-2-4-8-16/h2-12H,13-15H2,1H3. The van der Waals surface area contributed by atoms with Crippen molar-refractivity contribution in [3.63, 3.8) is 0 Å². The Kier molecular flexibility index (Phi) is 6.59. The molecule has 0 aliphatic heterocycles. The first-order chi connectivity index (χ1) is 14.5. The van der Waals surface area contributed by atoms with E-state index < -0.39 is 36.2 Å². The molecule has 0 atom stereocenters. The average Bonchev–Trinajstić information content (AvgIpc) is 2.77. The molecule has 0 aliphatic rings. The molecule has 1 heterocycles. The minimum atomic E-state index is -0.866. The maximum absolute atomic E-state index is 12.6. The summed E-state index contributed by atoms with van der Waals surface area (Å²) in [7, 11) is 1.43. The Morgan fingerprint density at radius 3 is 2.37 bits per heavy atom. The predicted octanol–water partition coefficient (Wildman–Crippen LogP) is 1.49. The molecule has 8 heteroatoms. The van der Waals surface area contributed by atoms with Crippen LogP contribution in [-0.4, -0.2) is 34.6 Å². The van der Waals surface area contributed by atoms with Crippen LogP contribution in [0.1, 0.15) is 15.9 Å². The highest BCUT2D eigenvalue weighted by molar-refractivity contribution is 6.00. The Morgan fingerprint density at radius 1 is 0.933 bits per heavy atom. The summed E-state index contributed by atoms with van der Waals surface area (Å²) in [5.74, 6) is -0.959. The number of hydrogen-bond donors (Lipinski definition) is 0. The van der Waals surface area contributed by atoms with Gasteiger partial charge in [0, 0.05) is 12.3 Å². The summed E-state index contributed by atoms with van der Waals surface area (Å²) in [4.78, 5) is 49.1. The smallest absolute Gasteiger partial charge is 0.331 e. The molecule has 0 fully saturated rings. The van der Waals surface area contributed by atoms with Gasteiger partial charge < -0.3 is 9.47 Å². The number of Topliss-reactive ketones (excluding diaryl/α,β-unsaturated/α-hetero) is 1. The Hall–Kier alpha value is -3.94. The van der Waals surface area contributed by atoms with Crippen molar-refractivity contribution in [3.8, 4) is 5.75 Å². The third kappa shape index (κ3) is 4.91. The van der Waals surface area contributed by atoms with Crippen LogP contribution in [-0.2, 0) is 22.6 Å². The fourth-order valence-electron chi connectivity index (χ4n) is 2.88. The van der Waals surface area contributed by atoms with Crippen LogP contribution < -0.4 is 16.0 Å². The van der Waals surface area contributed by atoms with Crippen molar-refractivity contribution in [2.45, 2.75) is 13.1 Å². The van der Waals surface area contributed by atoms with Crippen LogP contribution in [0.25, 0.3) is 0 Å². The van der Waals surface area contributed by atoms with E-state index in [2.05, 4.69) is 0 Å². The lowest BCUT2D eigenvalue weighted by Crippen LogP contribution is -2.41. The second kappa shape index (κ2) is 9.51. The summed E-state index contributed by atoms with van der Waals surface area (Å²) in [5, 5.41) is 0. The van der Waals surface area contributed by atoms with Crippen molar-refractivity contribution in [1.29, 1.82) is 0 Å². The summed E-state index contributed by atoms with van der Waals surface area (Å²) in [6, 6.07) is 17.0. The number of rotatable bonds is 8. The largest absolute Gasteiger partial charge is 0.496 e. The molecular weight excluding hydrogens is 388 g/mol. The Labute approximate surface area is 171 Å². The maximum Gasteiger partial charge on any atom is 0.331 e. The Balaban J connectivity index is 1.69. The number of carbonyl (C=O) groups excluding carboxylic acids is 2. The molecule has 0 aliphatic carbocycles. The normalized spacial score (nSPS) is 10.4. The van der Waals surface area contributed by atoms with Crippen molar-refractivity contribution in [2.75, 3.05) is 13.7 Å². The number of hydrogen-bond acceptors (Lipinski definition) is 6. The van der Waals surface area contributed by atoms with Gasteiger partial charge in [-0.1, -0.05) is 42.5 Å². The van der Waals surface area contributed by atoms with Gasteiger partial charge >= 0.3 is 11.7 Å². The van der Waals surface area contributed by atoms with Crippen molar-refractivity contribution < 1.29 is 19.1 Å². The lowest BCUT2D eigenvalue weighted by atomic mass is 10.1. The number of ether oxygens (including phenoxy) is 2. The molecule has 0 N–H and O–H groups in total. The highest BCUT2D eigenvalue weighted by Gasteiger charge is 2.16. The molecular formula is C22H20N2O6. The van der Waals surface area contributed by atoms with E-state index in [4.69, 9.17) is 9.47 Å². The van der Waals surface area contributed by atoms with Crippen molar-refractivity contribution in [2.24, 2.45) is 0 Å². The van der Waals surface area contributed by atoms with E-state index in [1.54, 1.807) is 24.3 Å². The fraction of sp³-hybridized carbons (Fsp3) is 0.182. The quantitative estimate of drug-likeness (QED) is 0.414. The van der Waals surface area contributed by atoms with Gasteiger partial charge in [0.25, 0.3) is 5.56 Å². The number of carbonyl (C=O) groups is 2. The molecule has 30 heavy (non-hydrogen) atoms. The zero-order chi connectivity index (χ0) is 21.5. The molecule has 0 unspecified atom stereocenters. The first kappa shape index (κ1) is 20.8. The van der Waals surface area contributed by atoms with E-state index in [9.17, 15) is 19.2 Å². The van der Waals surface area contributed by atoms with E-state index in [-0.39, 0.29) is 12.1 Å². The van der Waals surface area contributed by atoms with Crippen molar-refractivity contribution in [1.82, 2.24) is 9.13 Å². The highest BCUT2D eigenvalue weighted by atomic mass is 16.5. The van der Waals surface area contributed by atoms with E-state index in [1.807, 2.05) is 30.3 Å². The molecule has 0 amide bonds. The maximum atomic E-state index is 12.6. The summed E-state index contributed by atoms with van der Waals surface area (Å²) >= 11 is 0. The third-order valence-corrected chi connectivity index (χ3v) is 4.39. The van der Waals surface area contributed by atoms with Gasteiger partial charge in [0.05, 0.1) is 19.2 Å². The lowest BCUT2D eigenvalue weighted by molar-refractivity contribution is -0.143. The number of aromatic nitrogens is 2. The van der Waals surface area contributed by atoms with Gasteiger partial charge in [-0.15, -0.1) is 0 Å². The monoisotopic (exact) mass is 408 g/mol. The summed E-state index contributed by atoms with van der Waals surface area (Å²) in [6.07, 6.45) is 1.38. The second-order valence-corrected chi connectivity index (χ2v) is 6.42. The Bertz CT molecular complexity index is 1160. The van der Waals surface area contributed by atoms with Crippen LogP contribution in [0, 0.1) is 0 Å². The van der Waals surface area contributed by atoms with E-state index in [0.717, 1.165) is 10.1 Å². The first-order valence-corrected chi connectivity index (χ1v) is 9.15. The first-order valence-electron chi connectivity index (χ1n) is 9.15. The van der Waals surface area contributed by atoms with Crippen molar-refractivity contribution >= 4 is 11.8 Å². The zero-order valence-corrected chi connectivity index (χ0v) is 16.3. The van der Waals surface area contributed by atoms with E-state index in [1.165, 1.54) is 23.9 Å². The average molecular weight is 408 g/mol. The topological polar surface area (TPSA) is 96.6 Å². The minimum absolute atomic E-state index is 0.251. The SMILES string of the molecule is COc1ccccc1C(=O)COC(=O)Cn1c(=O)ccn(Cc2ccccc2)c1=O. The van der Waals surface area contributed by atoms with Crippen LogP contribution in [0.2, 0.25) is 0 Å². The number of benzene rings is 2. The van der Waals surface area contributed by atoms with Gasteiger partial charge in [0.2, 0.25) is 5.78 Å². The number of para-hydroxylation sites is 1. The number of ketones is 1. The Morgan fingerprint density at radius 2 is 1.63 bits per heavy atom. The lowest BCUT2D eigenvalue weighted by Gasteiger charge is -2.10. The molecule has 3 aromatic rings. The van der Waals surface area contributed by atoms with E-state index >= 15 is 0 Å². The highest BCUT2D eigenvalue weighted by Crippen LogP contribution is 2.17. The fourth-order valence-corrected chi connectivity index (χ4v) is 2.88. The number of methoxy groups -OCH3 is 1. The van der Waals surface area contributed by atoms with Crippen LogP contribution >= 0.6 is 0 Å². The second-order valence-electron chi connectivity index (χ2n) is 6.42. The molecule has 0 saturated carbocycles. The third-order valence-electron chi connectivity index (χ3n) is 4.39. The molecule has 8 nitrogen and oxygen atoms in total. The van der Waals surface area contributed by atoms with Gasteiger partial charge in [0.15, 0.2) is 6.61 Å². The van der Waals surface area contributed by atoms with Gasteiger partial charge in [-0.05, 0) is 17.7 Å². The molecule has 154 valence electrons. The molecule has 0 spiro atoms. The molecule has 2 aromatic carbocycles. The van der Waals surface area contributed by atoms with Crippen LogP contribution in [0.15, 0.2) is 76.4 Å². The van der Waals surface area contributed by atoms with Crippen LogP contribution in [0.3, 0.4) is 0 Å². The predicted molar refractivity (Wildman–Crippen MR) is 109 cm³/mol. The molecule has 0 radical (unpaired) electrons. The summed E-state index contributed by atoms with van der Waals surface area (Å²) in [6.45, 7) is -0.868. The molecule has 3 rings (SSSR count). The number of esters is 1. The van der Waals surface area contributed by atoms with Gasteiger partial charge in [0.1, 0.15) is 12.3 Å². The minimum Gasteiger partial charge on any atom is -0.496 e. The summed E-state index contributed by atoms with van der Waals surface area (Å²) in [5.41, 5.74) is -0.124. The van der Waals surface area contributed by atoms with Crippen molar-refractivity contribution in [3.05, 3.63) is 98.8 Å². The van der Waals surface area contributed by atoms with Crippen LogP contribution in [0.5, 0.6) is 5.75 Å². The van der Waals surface area contributed by atoms with Gasteiger partial charge in [-0.25, -0.2) is 9.36 Å². The molecule has 0 bridgehead atoms. The van der Waals surface area contributed by atoms with E-state index in [0.29, 0.717) is 5.75 Å².